The Bertz CT molecular complexity index is 845. The van der Waals surface area contributed by atoms with Crippen LogP contribution in [-0.4, -0.2) is 54.1 Å². The molecule has 3 amide bonds. The van der Waals surface area contributed by atoms with Gasteiger partial charge < -0.3 is 20.3 Å². The number of ether oxygens (including phenoxy) is 1. The standard InChI is InChI=1S/C21H24F3N3O4/c1-2-8-31-20(30)27-16-6-7-17(27)11-15(10-16)26-18(28)12-25-19(29)13-4-3-5-14(9-13)21(22,23)24/h2-5,9,15-17H,1,6-8,10-12H2,(H,25,29)(H,26,28)/t15?,16-,17?/m0/s1. The summed E-state index contributed by atoms with van der Waals surface area (Å²) in [4.78, 5) is 38.3. The number of fused-ring (bicyclic) bond motifs is 2. The molecule has 3 rings (SSSR count). The molecule has 1 aromatic carbocycles. The molecule has 2 aliphatic heterocycles. The van der Waals surface area contributed by atoms with Crippen LogP contribution in [-0.2, 0) is 15.7 Å². The SMILES string of the molecule is C=CCOC(=O)N1C2CC[C@H]1CC(NC(=O)CNC(=O)c1cccc(C(F)(F)F)c1)C2. The summed E-state index contributed by atoms with van der Waals surface area (Å²) in [6.07, 6.45) is -0.634. The van der Waals surface area contributed by atoms with Crippen molar-refractivity contribution in [1.82, 2.24) is 15.5 Å². The molecule has 10 heteroatoms. The first-order chi connectivity index (χ1) is 14.7. The monoisotopic (exact) mass is 439 g/mol. The van der Waals surface area contributed by atoms with Crippen molar-refractivity contribution in [2.45, 2.75) is 50.0 Å². The smallest absolute Gasteiger partial charge is 0.416 e. The zero-order chi connectivity index (χ0) is 22.6. The Kier molecular flexibility index (Phi) is 6.87. The average Bonchev–Trinajstić information content (AvgIpc) is 3.00. The van der Waals surface area contributed by atoms with Crippen molar-refractivity contribution in [3.05, 3.63) is 48.0 Å². The van der Waals surface area contributed by atoms with E-state index in [9.17, 15) is 27.6 Å². The van der Waals surface area contributed by atoms with Gasteiger partial charge in [0.05, 0.1) is 12.1 Å². The third-order valence-electron chi connectivity index (χ3n) is 5.50. The van der Waals surface area contributed by atoms with Crippen molar-refractivity contribution in [2.75, 3.05) is 13.2 Å². The summed E-state index contributed by atoms with van der Waals surface area (Å²) in [5.41, 5.74) is -1.11. The van der Waals surface area contributed by atoms with Gasteiger partial charge >= 0.3 is 12.3 Å². The molecular formula is C21H24F3N3O4. The number of alkyl halides is 3. The van der Waals surface area contributed by atoms with Crippen LogP contribution < -0.4 is 10.6 Å². The van der Waals surface area contributed by atoms with E-state index in [0.29, 0.717) is 12.8 Å². The Hall–Kier alpha value is -3.04. The van der Waals surface area contributed by atoms with Crippen LogP contribution >= 0.6 is 0 Å². The van der Waals surface area contributed by atoms with Crippen molar-refractivity contribution in [3.8, 4) is 0 Å². The summed E-state index contributed by atoms with van der Waals surface area (Å²) in [5, 5.41) is 5.18. The lowest BCUT2D eigenvalue weighted by molar-refractivity contribution is -0.137. The molecule has 2 aliphatic rings. The summed E-state index contributed by atoms with van der Waals surface area (Å²) < 4.78 is 43.5. The molecule has 2 unspecified atom stereocenters. The first kappa shape index (κ1) is 22.6. The number of nitrogens with one attached hydrogen (secondary N) is 2. The summed E-state index contributed by atoms with van der Waals surface area (Å²) in [7, 11) is 0. The van der Waals surface area contributed by atoms with Gasteiger partial charge in [0.2, 0.25) is 5.91 Å². The van der Waals surface area contributed by atoms with Crippen LogP contribution in [0.25, 0.3) is 0 Å². The lowest BCUT2D eigenvalue weighted by atomic mass is 9.97. The molecule has 0 aliphatic carbocycles. The molecule has 2 heterocycles. The number of nitrogens with zero attached hydrogens (tertiary/aromatic N) is 1. The number of benzene rings is 1. The predicted molar refractivity (Wildman–Crippen MR) is 105 cm³/mol. The maximum atomic E-state index is 12.8. The molecule has 0 aromatic heterocycles. The van der Waals surface area contributed by atoms with E-state index in [1.54, 1.807) is 4.90 Å². The molecule has 0 saturated carbocycles. The molecule has 0 radical (unpaired) electrons. The van der Waals surface area contributed by atoms with Gasteiger partial charge in [0.25, 0.3) is 5.91 Å². The Labute approximate surface area is 177 Å². The van der Waals surface area contributed by atoms with E-state index in [1.165, 1.54) is 12.1 Å². The minimum absolute atomic E-state index is 0.0268. The molecule has 2 saturated heterocycles. The maximum Gasteiger partial charge on any atom is 0.416 e. The second-order valence-corrected chi connectivity index (χ2v) is 7.65. The molecular weight excluding hydrogens is 415 g/mol. The Balaban J connectivity index is 1.48. The molecule has 2 N–H and O–H groups in total. The highest BCUT2D eigenvalue weighted by molar-refractivity contribution is 5.96. The van der Waals surface area contributed by atoms with E-state index in [1.807, 2.05) is 0 Å². The quantitative estimate of drug-likeness (QED) is 0.668. The second-order valence-electron chi connectivity index (χ2n) is 7.65. The molecule has 168 valence electrons. The minimum atomic E-state index is -4.56. The Morgan fingerprint density at radius 1 is 1.19 bits per heavy atom. The van der Waals surface area contributed by atoms with E-state index in [2.05, 4.69) is 17.2 Å². The fourth-order valence-electron chi connectivity index (χ4n) is 4.18. The van der Waals surface area contributed by atoms with Crippen molar-refractivity contribution >= 4 is 17.9 Å². The number of hydrogen-bond acceptors (Lipinski definition) is 4. The van der Waals surface area contributed by atoms with Gasteiger partial charge in [-0.3, -0.25) is 9.59 Å². The van der Waals surface area contributed by atoms with E-state index < -0.39 is 23.6 Å². The Morgan fingerprint density at radius 3 is 2.48 bits per heavy atom. The van der Waals surface area contributed by atoms with Crippen LogP contribution in [0.5, 0.6) is 0 Å². The topological polar surface area (TPSA) is 87.7 Å². The van der Waals surface area contributed by atoms with Crippen LogP contribution in [0.15, 0.2) is 36.9 Å². The van der Waals surface area contributed by atoms with Crippen molar-refractivity contribution in [2.24, 2.45) is 0 Å². The molecule has 0 spiro atoms. The van der Waals surface area contributed by atoms with Gasteiger partial charge in [0, 0.05) is 23.7 Å². The number of carbonyl (C=O) groups excluding carboxylic acids is 3. The van der Waals surface area contributed by atoms with E-state index in [0.717, 1.165) is 31.0 Å². The number of piperidine rings is 1. The van der Waals surface area contributed by atoms with Gasteiger partial charge in [-0.05, 0) is 43.9 Å². The van der Waals surface area contributed by atoms with Gasteiger partial charge in [-0.1, -0.05) is 18.7 Å². The highest BCUT2D eigenvalue weighted by Crippen LogP contribution is 2.36. The molecule has 3 atom stereocenters. The number of halogens is 3. The fraction of sp³-hybridized carbons (Fsp3) is 0.476. The first-order valence-corrected chi connectivity index (χ1v) is 10.00. The van der Waals surface area contributed by atoms with Crippen LogP contribution in [0.3, 0.4) is 0 Å². The van der Waals surface area contributed by atoms with Gasteiger partial charge in [-0.2, -0.15) is 13.2 Å². The summed E-state index contributed by atoms with van der Waals surface area (Å²) in [5.74, 6) is -1.20. The second kappa shape index (κ2) is 9.40. The van der Waals surface area contributed by atoms with Crippen LogP contribution in [0, 0.1) is 0 Å². The van der Waals surface area contributed by atoms with Crippen LogP contribution in [0.4, 0.5) is 18.0 Å². The molecule has 2 fully saturated rings. The fourth-order valence-corrected chi connectivity index (χ4v) is 4.18. The number of rotatable bonds is 6. The third-order valence-corrected chi connectivity index (χ3v) is 5.50. The Morgan fingerprint density at radius 2 is 1.87 bits per heavy atom. The maximum absolute atomic E-state index is 12.8. The van der Waals surface area contributed by atoms with Crippen LogP contribution in [0.1, 0.15) is 41.6 Å². The van der Waals surface area contributed by atoms with Crippen molar-refractivity contribution < 1.29 is 32.3 Å². The summed E-state index contributed by atoms with van der Waals surface area (Å²) in [6, 6.07) is 3.80. The lowest BCUT2D eigenvalue weighted by Gasteiger charge is -2.38. The zero-order valence-corrected chi connectivity index (χ0v) is 16.8. The summed E-state index contributed by atoms with van der Waals surface area (Å²) >= 11 is 0. The van der Waals surface area contributed by atoms with Gasteiger partial charge in [0.1, 0.15) is 6.61 Å². The number of hydrogen-bond donors (Lipinski definition) is 2. The normalized spacial score (nSPS) is 22.5. The average molecular weight is 439 g/mol. The minimum Gasteiger partial charge on any atom is -0.445 e. The summed E-state index contributed by atoms with van der Waals surface area (Å²) in [6.45, 7) is 3.30. The predicted octanol–water partition coefficient (Wildman–Crippen LogP) is 2.87. The molecule has 1 aromatic rings. The highest BCUT2D eigenvalue weighted by atomic mass is 19.4. The zero-order valence-electron chi connectivity index (χ0n) is 16.8. The molecule has 31 heavy (non-hydrogen) atoms. The highest BCUT2D eigenvalue weighted by Gasteiger charge is 2.44. The van der Waals surface area contributed by atoms with Crippen molar-refractivity contribution in [1.29, 1.82) is 0 Å². The third kappa shape index (κ3) is 5.56. The lowest BCUT2D eigenvalue weighted by Crippen LogP contribution is -2.53. The van der Waals surface area contributed by atoms with Gasteiger partial charge in [0.15, 0.2) is 0 Å². The molecule has 7 nitrogen and oxygen atoms in total. The van der Waals surface area contributed by atoms with E-state index in [4.69, 9.17) is 4.74 Å². The van der Waals surface area contributed by atoms with Gasteiger partial charge in [-0.25, -0.2) is 4.79 Å². The van der Waals surface area contributed by atoms with Gasteiger partial charge in [-0.15, -0.1) is 0 Å². The first-order valence-electron chi connectivity index (χ1n) is 10.00. The number of amides is 3. The van der Waals surface area contributed by atoms with Crippen LogP contribution in [0.2, 0.25) is 0 Å². The van der Waals surface area contributed by atoms with E-state index in [-0.39, 0.29) is 42.9 Å². The molecule has 2 bridgehead atoms. The van der Waals surface area contributed by atoms with Crippen molar-refractivity contribution in [3.63, 3.8) is 0 Å². The van der Waals surface area contributed by atoms with E-state index >= 15 is 0 Å². The largest absolute Gasteiger partial charge is 0.445 e. The number of carbonyl (C=O) groups is 3.